The molecule has 1 rings (SSSR count). The fourth-order valence-electron chi connectivity index (χ4n) is 1.50. The summed E-state index contributed by atoms with van der Waals surface area (Å²) in [6.45, 7) is -0.131. The van der Waals surface area contributed by atoms with E-state index >= 15 is 0 Å². The normalized spacial score (nSPS) is 11.8. The van der Waals surface area contributed by atoms with Crippen LogP contribution in [0.3, 0.4) is 0 Å². The van der Waals surface area contributed by atoms with Crippen molar-refractivity contribution in [3.63, 3.8) is 0 Å². The molecule has 0 aliphatic rings. The van der Waals surface area contributed by atoms with Crippen molar-refractivity contribution >= 4 is 16.2 Å². The molecule has 0 radical (unpaired) electrons. The molecular weight excluding hydrogens is 284 g/mol. The maximum atomic E-state index is 11.8. The molecule has 0 spiro atoms. The molecule has 112 valence electrons. The summed E-state index contributed by atoms with van der Waals surface area (Å²) >= 11 is 0. The first-order valence-electron chi connectivity index (χ1n) is 5.96. The molecule has 0 heterocycles. The van der Waals surface area contributed by atoms with Gasteiger partial charge in [-0.3, -0.25) is 4.79 Å². The lowest BCUT2D eigenvalue weighted by Crippen LogP contribution is -2.38. The zero-order valence-electron chi connectivity index (χ0n) is 11.1. The highest BCUT2D eigenvalue weighted by Gasteiger charge is 2.17. The molecule has 0 aromatic heterocycles. The Balaban J connectivity index is 2.60. The summed E-state index contributed by atoms with van der Waals surface area (Å²) in [6, 6.07) is 6.89. The van der Waals surface area contributed by atoms with E-state index in [1.54, 1.807) is 24.3 Å². The largest absolute Gasteiger partial charge is 0.481 e. The van der Waals surface area contributed by atoms with Crippen LogP contribution in [-0.2, 0) is 28.2 Å². The van der Waals surface area contributed by atoms with E-state index in [-0.39, 0.29) is 26.1 Å². The molecule has 0 fully saturated rings. The molecule has 0 unspecified atom stereocenters. The second-order valence-corrected chi connectivity index (χ2v) is 6.13. The van der Waals surface area contributed by atoms with Gasteiger partial charge in [0, 0.05) is 20.1 Å². The molecule has 0 bridgehead atoms. The average Bonchev–Trinajstić information content (AvgIpc) is 2.42. The lowest BCUT2D eigenvalue weighted by molar-refractivity contribution is -0.137. The number of hydrogen-bond acceptors (Lipinski definition) is 4. The second kappa shape index (κ2) is 7.34. The summed E-state index contributed by atoms with van der Waals surface area (Å²) in [5.74, 6) is -1.05. The smallest absolute Gasteiger partial charge is 0.304 e. The van der Waals surface area contributed by atoms with Crippen LogP contribution in [0.1, 0.15) is 17.5 Å². The van der Waals surface area contributed by atoms with Gasteiger partial charge in [-0.15, -0.1) is 0 Å². The SMILES string of the molecule is CN(CCC(=O)O)S(=O)(=O)NCc1cccc(CO)c1. The fourth-order valence-corrected chi connectivity index (χ4v) is 2.40. The molecule has 20 heavy (non-hydrogen) atoms. The fraction of sp³-hybridized carbons (Fsp3) is 0.417. The zero-order chi connectivity index (χ0) is 15.2. The van der Waals surface area contributed by atoms with Gasteiger partial charge in [0.1, 0.15) is 0 Å². The molecule has 3 N–H and O–H groups in total. The van der Waals surface area contributed by atoms with Crippen LogP contribution in [0, 0.1) is 0 Å². The summed E-state index contributed by atoms with van der Waals surface area (Å²) in [5, 5.41) is 17.5. The number of aliphatic hydroxyl groups is 1. The van der Waals surface area contributed by atoms with Gasteiger partial charge >= 0.3 is 5.97 Å². The molecule has 0 atom stereocenters. The standard InChI is InChI=1S/C12H18N2O5S/c1-14(6-5-12(16)17)20(18,19)13-8-10-3-2-4-11(7-10)9-15/h2-4,7,13,15H,5-6,8-9H2,1H3,(H,16,17). The summed E-state index contributed by atoms with van der Waals surface area (Å²) in [7, 11) is -2.40. The summed E-state index contributed by atoms with van der Waals surface area (Å²) in [5.41, 5.74) is 1.41. The first-order valence-corrected chi connectivity index (χ1v) is 7.40. The van der Waals surface area contributed by atoms with E-state index in [9.17, 15) is 13.2 Å². The number of aliphatic hydroxyl groups excluding tert-OH is 1. The summed E-state index contributed by atoms with van der Waals surface area (Å²) in [4.78, 5) is 10.4. The maximum absolute atomic E-state index is 11.8. The van der Waals surface area contributed by atoms with E-state index in [0.717, 1.165) is 4.31 Å². The Morgan fingerprint density at radius 1 is 1.35 bits per heavy atom. The first kappa shape index (κ1) is 16.6. The summed E-state index contributed by atoms with van der Waals surface area (Å²) in [6.07, 6.45) is -0.253. The highest BCUT2D eigenvalue weighted by atomic mass is 32.2. The second-order valence-electron chi connectivity index (χ2n) is 4.27. The third-order valence-corrected chi connectivity index (χ3v) is 4.20. The lowest BCUT2D eigenvalue weighted by Gasteiger charge is -2.16. The molecule has 7 nitrogen and oxygen atoms in total. The predicted octanol–water partition coefficient (Wildman–Crippen LogP) is -0.0802. The van der Waals surface area contributed by atoms with Crippen molar-refractivity contribution in [1.82, 2.24) is 9.03 Å². The van der Waals surface area contributed by atoms with Gasteiger partial charge in [-0.25, -0.2) is 0 Å². The van der Waals surface area contributed by atoms with Crippen molar-refractivity contribution < 1.29 is 23.4 Å². The van der Waals surface area contributed by atoms with Crippen molar-refractivity contribution in [1.29, 1.82) is 0 Å². The Morgan fingerprint density at radius 2 is 2.00 bits per heavy atom. The van der Waals surface area contributed by atoms with Crippen LogP contribution in [0.5, 0.6) is 0 Å². The number of carboxylic acid groups (broad SMARTS) is 1. The minimum atomic E-state index is -3.72. The van der Waals surface area contributed by atoms with E-state index < -0.39 is 16.2 Å². The van der Waals surface area contributed by atoms with Gasteiger partial charge in [-0.2, -0.15) is 17.4 Å². The van der Waals surface area contributed by atoms with Crippen molar-refractivity contribution in [2.45, 2.75) is 19.6 Å². The number of hydrogen-bond donors (Lipinski definition) is 3. The molecule has 1 aromatic rings. The van der Waals surface area contributed by atoms with Crippen LogP contribution >= 0.6 is 0 Å². The van der Waals surface area contributed by atoms with Gasteiger partial charge in [0.2, 0.25) is 0 Å². The van der Waals surface area contributed by atoms with Gasteiger partial charge in [0.15, 0.2) is 0 Å². The Bertz CT molecular complexity index is 559. The van der Waals surface area contributed by atoms with Gasteiger partial charge < -0.3 is 10.2 Å². The van der Waals surface area contributed by atoms with E-state index in [1.807, 2.05) is 0 Å². The third kappa shape index (κ3) is 5.25. The average molecular weight is 302 g/mol. The number of aliphatic carboxylic acids is 1. The predicted molar refractivity (Wildman–Crippen MR) is 73.0 cm³/mol. The topological polar surface area (TPSA) is 107 Å². The molecule has 0 saturated heterocycles. The Hall–Kier alpha value is -1.48. The zero-order valence-corrected chi connectivity index (χ0v) is 11.9. The van der Waals surface area contributed by atoms with Crippen molar-refractivity contribution in [2.24, 2.45) is 0 Å². The van der Waals surface area contributed by atoms with Gasteiger partial charge in [-0.05, 0) is 11.1 Å². The van der Waals surface area contributed by atoms with Crippen LogP contribution < -0.4 is 4.72 Å². The number of carboxylic acids is 1. The van der Waals surface area contributed by atoms with Crippen LogP contribution in [-0.4, -0.2) is 42.5 Å². The summed E-state index contributed by atoms with van der Waals surface area (Å²) < 4.78 is 27.0. The number of nitrogens with zero attached hydrogens (tertiary/aromatic N) is 1. The Labute approximate surface area is 118 Å². The molecule has 0 aliphatic heterocycles. The first-order chi connectivity index (χ1) is 9.35. The van der Waals surface area contributed by atoms with E-state index in [4.69, 9.17) is 10.2 Å². The number of rotatable bonds is 8. The van der Waals surface area contributed by atoms with Crippen LogP contribution in [0.15, 0.2) is 24.3 Å². The minimum Gasteiger partial charge on any atom is -0.481 e. The molecule has 8 heteroatoms. The molecule has 0 aliphatic carbocycles. The number of benzene rings is 1. The number of carbonyl (C=O) groups is 1. The van der Waals surface area contributed by atoms with E-state index in [1.165, 1.54) is 7.05 Å². The molecular formula is C12H18N2O5S. The van der Waals surface area contributed by atoms with Gasteiger partial charge in [0.05, 0.1) is 13.0 Å². The van der Waals surface area contributed by atoms with E-state index in [2.05, 4.69) is 4.72 Å². The van der Waals surface area contributed by atoms with Crippen molar-refractivity contribution in [2.75, 3.05) is 13.6 Å². The lowest BCUT2D eigenvalue weighted by atomic mass is 10.1. The van der Waals surface area contributed by atoms with E-state index in [0.29, 0.717) is 11.1 Å². The number of nitrogens with one attached hydrogen (secondary N) is 1. The molecule has 1 aromatic carbocycles. The minimum absolute atomic E-state index is 0.0770. The monoisotopic (exact) mass is 302 g/mol. The highest BCUT2D eigenvalue weighted by molar-refractivity contribution is 7.87. The molecule has 0 saturated carbocycles. The highest BCUT2D eigenvalue weighted by Crippen LogP contribution is 2.06. The van der Waals surface area contributed by atoms with Gasteiger partial charge in [-0.1, -0.05) is 24.3 Å². The quantitative estimate of drug-likeness (QED) is 0.622. The third-order valence-electron chi connectivity index (χ3n) is 2.68. The maximum Gasteiger partial charge on any atom is 0.304 e. The molecule has 0 amide bonds. The Morgan fingerprint density at radius 3 is 2.60 bits per heavy atom. The van der Waals surface area contributed by atoms with Crippen LogP contribution in [0.2, 0.25) is 0 Å². The van der Waals surface area contributed by atoms with Gasteiger partial charge in [0.25, 0.3) is 10.2 Å². The van der Waals surface area contributed by atoms with Crippen LogP contribution in [0.4, 0.5) is 0 Å². The van der Waals surface area contributed by atoms with Crippen molar-refractivity contribution in [3.8, 4) is 0 Å². The van der Waals surface area contributed by atoms with Crippen LogP contribution in [0.25, 0.3) is 0 Å². The van der Waals surface area contributed by atoms with Crippen molar-refractivity contribution in [3.05, 3.63) is 35.4 Å². The Kier molecular flexibility index (Phi) is 6.08.